The molecule has 0 aromatic carbocycles. The number of hydrogen-bond donors (Lipinski definition) is 1. The first kappa shape index (κ1) is 14.0. The Morgan fingerprint density at radius 3 is 2.67 bits per heavy atom. The van der Waals surface area contributed by atoms with Crippen LogP contribution in [0.4, 0.5) is 0 Å². The maximum atomic E-state index is 12.6. The zero-order chi connectivity index (χ0) is 13.6. The summed E-state index contributed by atoms with van der Waals surface area (Å²) in [5.41, 5.74) is 6.70. The van der Waals surface area contributed by atoms with Crippen molar-refractivity contribution in [3.8, 4) is 0 Å². The number of nitrogens with two attached hydrogens (primary N) is 1. The third-order valence-corrected chi connectivity index (χ3v) is 7.18. The molecule has 0 spiro atoms. The minimum atomic E-state index is -3.35. The Labute approximate surface area is 113 Å². The third-order valence-electron chi connectivity index (χ3n) is 3.67. The van der Waals surface area contributed by atoms with Gasteiger partial charge in [0.15, 0.2) is 0 Å². The van der Waals surface area contributed by atoms with Crippen LogP contribution in [0.5, 0.6) is 0 Å². The van der Waals surface area contributed by atoms with Crippen molar-refractivity contribution in [2.45, 2.75) is 37.4 Å². The quantitative estimate of drug-likeness (QED) is 0.902. The summed E-state index contributed by atoms with van der Waals surface area (Å²) < 4.78 is 27.2. The van der Waals surface area contributed by atoms with E-state index in [1.165, 1.54) is 11.3 Å². The van der Waals surface area contributed by atoms with Crippen LogP contribution in [0.1, 0.15) is 25.8 Å². The molecule has 1 aliphatic heterocycles. The number of sulfonamides is 1. The zero-order valence-corrected chi connectivity index (χ0v) is 12.6. The Morgan fingerprint density at radius 2 is 2.17 bits per heavy atom. The van der Waals surface area contributed by atoms with Crippen LogP contribution in [-0.2, 0) is 10.0 Å². The van der Waals surface area contributed by atoms with Crippen LogP contribution in [0.2, 0.25) is 0 Å². The van der Waals surface area contributed by atoms with Gasteiger partial charge in [0.2, 0.25) is 0 Å². The second kappa shape index (κ2) is 4.59. The van der Waals surface area contributed by atoms with E-state index in [0.717, 1.165) is 12.0 Å². The molecule has 18 heavy (non-hydrogen) atoms. The number of hydrogen-bond acceptors (Lipinski definition) is 4. The van der Waals surface area contributed by atoms with Gasteiger partial charge in [0.25, 0.3) is 10.0 Å². The molecule has 6 heteroatoms. The minimum absolute atomic E-state index is 0.0633. The van der Waals surface area contributed by atoms with Gasteiger partial charge in [0.1, 0.15) is 4.21 Å². The summed E-state index contributed by atoms with van der Waals surface area (Å²) in [4.78, 5) is 0. The lowest BCUT2D eigenvalue weighted by Gasteiger charge is -2.41. The van der Waals surface area contributed by atoms with Gasteiger partial charge in [-0.1, -0.05) is 13.8 Å². The number of aryl methyl sites for hydroxylation is 1. The zero-order valence-electron chi connectivity index (χ0n) is 11.0. The minimum Gasteiger partial charge on any atom is -0.327 e. The van der Waals surface area contributed by atoms with Crippen LogP contribution >= 0.6 is 11.3 Å². The van der Waals surface area contributed by atoms with Gasteiger partial charge >= 0.3 is 0 Å². The summed E-state index contributed by atoms with van der Waals surface area (Å²) in [7, 11) is -3.35. The number of thiophene rings is 1. The third kappa shape index (κ3) is 2.34. The van der Waals surface area contributed by atoms with Gasteiger partial charge in [-0.3, -0.25) is 0 Å². The Bertz CT molecular complexity index is 534. The van der Waals surface area contributed by atoms with Crippen molar-refractivity contribution in [3.63, 3.8) is 0 Å². The lowest BCUT2D eigenvalue weighted by Crippen LogP contribution is -2.53. The summed E-state index contributed by atoms with van der Waals surface area (Å²) >= 11 is 1.29. The SMILES string of the molecule is Cc1ccsc1S(=O)(=O)N1CCC(N)C(C)(C)C1. The average Bonchev–Trinajstić information content (AvgIpc) is 2.69. The molecule has 1 saturated heterocycles. The summed E-state index contributed by atoms with van der Waals surface area (Å²) in [5, 5.41) is 1.82. The first-order chi connectivity index (χ1) is 8.25. The van der Waals surface area contributed by atoms with E-state index in [4.69, 9.17) is 5.73 Å². The van der Waals surface area contributed by atoms with Gasteiger partial charge < -0.3 is 5.73 Å². The summed E-state index contributed by atoms with van der Waals surface area (Å²) in [6.45, 7) is 6.91. The lowest BCUT2D eigenvalue weighted by molar-refractivity contribution is 0.155. The Balaban J connectivity index is 2.30. The van der Waals surface area contributed by atoms with Crippen molar-refractivity contribution >= 4 is 21.4 Å². The predicted octanol–water partition coefficient (Wildman–Crippen LogP) is 1.80. The van der Waals surface area contributed by atoms with Crippen molar-refractivity contribution in [3.05, 3.63) is 17.0 Å². The maximum absolute atomic E-state index is 12.6. The van der Waals surface area contributed by atoms with Gasteiger partial charge in [-0.05, 0) is 35.8 Å². The van der Waals surface area contributed by atoms with E-state index in [0.29, 0.717) is 17.3 Å². The van der Waals surface area contributed by atoms with Gasteiger partial charge in [0, 0.05) is 19.1 Å². The van der Waals surface area contributed by atoms with Crippen LogP contribution < -0.4 is 5.73 Å². The van der Waals surface area contributed by atoms with E-state index in [-0.39, 0.29) is 11.5 Å². The highest BCUT2D eigenvalue weighted by Crippen LogP contribution is 2.33. The molecule has 1 aliphatic rings. The Morgan fingerprint density at radius 1 is 1.50 bits per heavy atom. The van der Waals surface area contributed by atoms with Crippen LogP contribution in [0, 0.1) is 12.3 Å². The van der Waals surface area contributed by atoms with E-state index in [2.05, 4.69) is 0 Å². The largest absolute Gasteiger partial charge is 0.327 e. The van der Waals surface area contributed by atoms with E-state index in [1.54, 1.807) is 4.31 Å². The van der Waals surface area contributed by atoms with Gasteiger partial charge in [-0.2, -0.15) is 4.31 Å². The topological polar surface area (TPSA) is 63.4 Å². The van der Waals surface area contributed by atoms with Crippen molar-refractivity contribution < 1.29 is 8.42 Å². The highest BCUT2D eigenvalue weighted by atomic mass is 32.2. The maximum Gasteiger partial charge on any atom is 0.252 e. The monoisotopic (exact) mass is 288 g/mol. The second-order valence-corrected chi connectivity index (χ2v) is 8.66. The number of piperidine rings is 1. The van der Waals surface area contributed by atoms with Gasteiger partial charge in [-0.25, -0.2) is 8.42 Å². The normalized spacial score (nSPS) is 25.2. The van der Waals surface area contributed by atoms with E-state index >= 15 is 0 Å². The predicted molar refractivity (Wildman–Crippen MR) is 74.2 cm³/mol. The van der Waals surface area contributed by atoms with E-state index in [1.807, 2.05) is 32.2 Å². The molecule has 102 valence electrons. The average molecular weight is 288 g/mol. The molecular weight excluding hydrogens is 268 g/mol. The molecule has 1 aromatic heterocycles. The van der Waals surface area contributed by atoms with Crippen molar-refractivity contribution in [1.82, 2.24) is 4.31 Å². The first-order valence-corrected chi connectivity index (χ1v) is 8.37. The fourth-order valence-electron chi connectivity index (χ4n) is 2.27. The highest BCUT2D eigenvalue weighted by Gasteiger charge is 2.39. The molecule has 1 aromatic rings. The van der Waals surface area contributed by atoms with Crippen LogP contribution in [-0.4, -0.2) is 31.9 Å². The molecular formula is C12H20N2O2S2. The molecule has 2 heterocycles. The fourth-order valence-corrected chi connectivity index (χ4v) is 5.45. The van der Waals surface area contributed by atoms with Crippen molar-refractivity contribution in [2.24, 2.45) is 11.1 Å². The summed E-state index contributed by atoms with van der Waals surface area (Å²) in [5.74, 6) is 0. The molecule has 1 atom stereocenters. The van der Waals surface area contributed by atoms with Crippen molar-refractivity contribution in [1.29, 1.82) is 0 Å². The van der Waals surface area contributed by atoms with Gasteiger partial charge in [0.05, 0.1) is 0 Å². The first-order valence-electron chi connectivity index (χ1n) is 6.05. The number of nitrogens with zero attached hydrogens (tertiary/aromatic N) is 1. The molecule has 4 nitrogen and oxygen atoms in total. The van der Waals surface area contributed by atoms with Crippen LogP contribution in [0.25, 0.3) is 0 Å². The molecule has 0 aliphatic carbocycles. The molecule has 1 unspecified atom stereocenters. The standard InChI is InChI=1S/C12H20N2O2S2/c1-9-5-7-17-11(9)18(15,16)14-6-4-10(13)12(2,3)8-14/h5,7,10H,4,6,8,13H2,1-3H3. The number of rotatable bonds is 2. The van der Waals surface area contributed by atoms with Crippen LogP contribution in [0.15, 0.2) is 15.7 Å². The molecule has 2 N–H and O–H groups in total. The molecule has 2 rings (SSSR count). The smallest absolute Gasteiger partial charge is 0.252 e. The Hall–Kier alpha value is -0.430. The van der Waals surface area contributed by atoms with Crippen molar-refractivity contribution in [2.75, 3.05) is 13.1 Å². The Kier molecular flexibility index (Phi) is 3.57. The van der Waals surface area contributed by atoms with E-state index in [9.17, 15) is 8.42 Å². The fraction of sp³-hybridized carbons (Fsp3) is 0.667. The molecule has 0 saturated carbocycles. The highest BCUT2D eigenvalue weighted by molar-refractivity contribution is 7.91. The molecule has 0 amide bonds. The molecule has 0 radical (unpaired) electrons. The molecule has 0 bridgehead atoms. The lowest BCUT2D eigenvalue weighted by atomic mass is 9.81. The van der Waals surface area contributed by atoms with Crippen LogP contribution in [0.3, 0.4) is 0 Å². The second-order valence-electron chi connectivity index (χ2n) is 5.61. The summed E-state index contributed by atoms with van der Waals surface area (Å²) in [6, 6.07) is 1.91. The molecule has 1 fully saturated rings. The summed E-state index contributed by atoms with van der Waals surface area (Å²) in [6.07, 6.45) is 0.719. The van der Waals surface area contributed by atoms with E-state index < -0.39 is 10.0 Å². The van der Waals surface area contributed by atoms with Gasteiger partial charge in [-0.15, -0.1) is 11.3 Å².